The van der Waals surface area contributed by atoms with Crippen molar-refractivity contribution in [3.8, 4) is 0 Å². The molecule has 1 saturated heterocycles. The van der Waals surface area contributed by atoms with Crippen LogP contribution in [0.1, 0.15) is 30.7 Å². The second-order valence-electron chi connectivity index (χ2n) is 5.49. The Bertz CT molecular complexity index is 588. The molecule has 1 amide bonds. The molecule has 0 aromatic carbocycles. The predicted octanol–water partition coefficient (Wildman–Crippen LogP) is 2.63. The number of amides is 1. The molecule has 0 spiro atoms. The maximum absolute atomic E-state index is 11.8. The minimum atomic E-state index is 0.0615. The first-order valence-corrected chi connectivity index (χ1v) is 8.67. The molecule has 0 radical (unpaired) electrons. The summed E-state index contributed by atoms with van der Waals surface area (Å²) in [5.41, 5.74) is 1.07. The summed E-state index contributed by atoms with van der Waals surface area (Å²) >= 11 is 1.70. The molecule has 5 nitrogen and oxygen atoms in total. The molecule has 3 heterocycles. The largest absolute Gasteiger partial charge is 0.469 e. The fourth-order valence-corrected chi connectivity index (χ4v) is 3.49. The van der Waals surface area contributed by atoms with Gasteiger partial charge in [-0.25, -0.2) is 4.98 Å². The third kappa shape index (κ3) is 4.10. The minimum absolute atomic E-state index is 0.0615. The average molecular weight is 319 g/mol. The van der Waals surface area contributed by atoms with Crippen molar-refractivity contribution in [2.24, 2.45) is 0 Å². The van der Waals surface area contributed by atoms with Crippen LogP contribution >= 0.6 is 11.3 Å². The highest BCUT2D eigenvalue weighted by atomic mass is 32.1. The average Bonchev–Trinajstić information content (AvgIpc) is 3.26. The van der Waals surface area contributed by atoms with E-state index in [0.29, 0.717) is 19.4 Å². The number of anilines is 1. The van der Waals surface area contributed by atoms with Gasteiger partial charge in [0, 0.05) is 44.3 Å². The Hall–Kier alpha value is -1.82. The van der Waals surface area contributed by atoms with Crippen LogP contribution in [0.3, 0.4) is 0 Å². The molecular weight excluding hydrogens is 298 g/mol. The van der Waals surface area contributed by atoms with Crippen LogP contribution in [0.25, 0.3) is 0 Å². The van der Waals surface area contributed by atoms with E-state index in [4.69, 9.17) is 4.42 Å². The third-order valence-electron chi connectivity index (χ3n) is 3.80. The smallest absolute Gasteiger partial charge is 0.220 e. The second-order valence-corrected chi connectivity index (χ2v) is 6.33. The van der Waals surface area contributed by atoms with Gasteiger partial charge in [0.15, 0.2) is 5.13 Å². The van der Waals surface area contributed by atoms with Crippen LogP contribution < -0.4 is 10.2 Å². The molecule has 0 aliphatic carbocycles. The van der Waals surface area contributed by atoms with Gasteiger partial charge in [0.1, 0.15) is 5.76 Å². The van der Waals surface area contributed by atoms with Crippen molar-refractivity contribution >= 4 is 22.4 Å². The molecule has 2 aromatic rings. The molecule has 0 atom stereocenters. The first-order chi connectivity index (χ1) is 10.8. The Morgan fingerprint density at radius 3 is 3.00 bits per heavy atom. The summed E-state index contributed by atoms with van der Waals surface area (Å²) in [5, 5.41) is 6.16. The van der Waals surface area contributed by atoms with E-state index in [-0.39, 0.29) is 5.91 Å². The first kappa shape index (κ1) is 15.1. The number of rotatable bonds is 7. The number of hydrogen-bond acceptors (Lipinski definition) is 5. The van der Waals surface area contributed by atoms with Gasteiger partial charge in [-0.3, -0.25) is 4.79 Å². The third-order valence-corrected chi connectivity index (χ3v) is 4.75. The summed E-state index contributed by atoms with van der Waals surface area (Å²) < 4.78 is 5.22. The fourth-order valence-electron chi connectivity index (χ4n) is 2.57. The Labute approximate surface area is 134 Å². The molecular formula is C16H21N3O2S. The number of furan rings is 1. The summed E-state index contributed by atoms with van der Waals surface area (Å²) in [6.07, 6.45) is 6.06. The topological polar surface area (TPSA) is 58.4 Å². The fraction of sp³-hybridized carbons (Fsp3) is 0.500. The molecule has 6 heteroatoms. The van der Waals surface area contributed by atoms with E-state index in [1.54, 1.807) is 17.6 Å². The summed E-state index contributed by atoms with van der Waals surface area (Å²) in [6.45, 7) is 2.88. The van der Waals surface area contributed by atoms with Gasteiger partial charge in [-0.05, 0) is 25.0 Å². The molecule has 0 bridgehead atoms. The van der Waals surface area contributed by atoms with Gasteiger partial charge in [-0.2, -0.15) is 0 Å². The van der Waals surface area contributed by atoms with Crippen LogP contribution in [-0.2, 0) is 17.6 Å². The Balaban J connectivity index is 1.36. The van der Waals surface area contributed by atoms with Crippen LogP contribution in [0.2, 0.25) is 0 Å². The van der Waals surface area contributed by atoms with Crippen molar-refractivity contribution in [3.05, 3.63) is 35.2 Å². The standard InChI is InChI=1S/C16H21N3O2S/c20-15(6-5-14-4-3-11-21-14)17-8-7-13-12-22-16(18-13)19-9-1-2-10-19/h3-4,11-12H,1-2,5-10H2,(H,17,20). The van der Waals surface area contributed by atoms with Gasteiger partial charge >= 0.3 is 0 Å². The van der Waals surface area contributed by atoms with Crippen molar-refractivity contribution in [3.63, 3.8) is 0 Å². The Morgan fingerprint density at radius 1 is 1.36 bits per heavy atom. The Kier molecular flexibility index (Phi) is 5.11. The van der Waals surface area contributed by atoms with E-state index in [0.717, 1.165) is 36.1 Å². The molecule has 118 valence electrons. The number of carbonyl (C=O) groups is 1. The number of hydrogen-bond donors (Lipinski definition) is 1. The number of thiazole rings is 1. The SMILES string of the molecule is O=C(CCc1ccco1)NCCc1csc(N2CCCC2)n1. The number of aryl methyl sites for hydroxylation is 1. The van der Waals surface area contributed by atoms with Crippen LogP contribution in [0, 0.1) is 0 Å². The maximum Gasteiger partial charge on any atom is 0.220 e. The van der Waals surface area contributed by atoms with E-state index >= 15 is 0 Å². The predicted molar refractivity (Wildman–Crippen MR) is 87.3 cm³/mol. The summed E-state index contributed by atoms with van der Waals surface area (Å²) in [6, 6.07) is 3.73. The normalized spacial score (nSPS) is 14.5. The van der Waals surface area contributed by atoms with Gasteiger partial charge in [-0.1, -0.05) is 0 Å². The van der Waals surface area contributed by atoms with Crippen molar-refractivity contribution in [1.29, 1.82) is 0 Å². The zero-order valence-electron chi connectivity index (χ0n) is 12.6. The van der Waals surface area contributed by atoms with Crippen molar-refractivity contribution < 1.29 is 9.21 Å². The molecule has 22 heavy (non-hydrogen) atoms. The van der Waals surface area contributed by atoms with E-state index in [9.17, 15) is 4.79 Å². The number of nitrogens with zero attached hydrogens (tertiary/aromatic N) is 2. The van der Waals surface area contributed by atoms with Crippen molar-refractivity contribution in [1.82, 2.24) is 10.3 Å². The highest BCUT2D eigenvalue weighted by Gasteiger charge is 2.15. The summed E-state index contributed by atoms with van der Waals surface area (Å²) in [7, 11) is 0. The first-order valence-electron chi connectivity index (χ1n) is 7.80. The van der Waals surface area contributed by atoms with Gasteiger partial charge in [0.05, 0.1) is 12.0 Å². The maximum atomic E-state index is 11.8. The highest BCUT2D eigenvalue weighted by molar-refractivity contribution is 7.13. The zero-order chi connectivity index (χ0) is 15.2. The van der Waals surface area contributed by atoms with Crippen LogP contribution in [0.5, 0.6) is 0 Å². The quantitative estimate of drug-likeness (QED) is 0.852. The zero-order valence-corrected chi connectivity index (χ0v) is 13.4. The van der Waals surface area contributed by atoms with E-state index < -0.39 is 0 Å². The Morgan fingerprint density at radius 2 is 2.23 bits per heavy atom. The molecule has 1 N–H and O–H groups in total. The van der Waals surface area contributed by atoms with E-state index in [1.165, 1.54) is 12.8 Å². The lowest BCUT2D eigenvalue weighted by atomic mass is 10.2. The molecule has 0 unspecified atom stereocenters. The van der Waals surface area contributed by atoms with Crippen LogP contribution in [0.15, 0.2) is 28.2 Å². The molecule has 3 rings (SSSR count). The van der Waals surface area contributed by atoms with Gasteiger partial charge in [0.25, 0.3) is 0 Å². The monoisotopic (exact) mass is 319 g/mol. The molecule has 1 aliphatic heterocycles. The number of aromatic nitrogens is 1. The molecule has 2 aromatic heterocycles. The van der Waals surface area contributed by atoms with Crippen molar-refractivity contribution in [2.75, 3.05) is 24.5 Å². The van der Waals surface area contributed by atoms with E-state index in [1.807, 2.05) is 12.1 Å². The van der Waals surface area contributed by atoms with Gasteiger partial charge in [-0.15, -0.1) is 11.3 Å². The number of nitrogens with one attached hydrogen (secondary N) is 1. The minimum Gasteiger partial charge on any atom is -0.469 e. The van der Waals surface area contributed by atoms with Gasteiger partial charge < -0.3 is 14.6 Å². The van der Waals surface area contributed by atoms with Gasteiger partial charge in [0.2, 0.25) is 5.91 Å². The van der Waals surface area contributed by atoms with Crippen molar-refractivity contribution in [2.45, 2.75) is 32.1 Å². The molecule has 0 saturated carbocycles. The second kappa shape index (κ2) is 7.45. The molecule has 1 fully saturated rings. The summed E-state index contributed by atoms with van der Waals surface area (Å²) in [5.74, 6) is 0.913. The lowest BCUT2D eigenvalue weighted by Gasteiger charge is -2.12. The molecule has 1 aliphatic rings. The van der Waals surface area contributed by atoms with Crippen LogP contribution in [-0.4, -0.2) is 30.5 Å². The lowest BCUT2D eigenvalue weighted by molar-refractivity contribution is -0.121. The summed E-state index contributed by atoms with van der Waals surface area (Å²) in [4.78, 5) is 18.8. The van der Waals surface area contributed by atoms with E-state index in [2.05, 4.69) is 20.6 Å². The lowest BCUT2D eigenvalue weighted by Crippen LogP contribution is -2.26. The number of carbonyl (C=O) groups excluding carboxylic acids is 1. The van der Waals surface area contributed by atoms with Crippen LogP contribution in [0.4, 0.5) is 5.13 Å². The highest BCUT2D eigenvalue weighted by Crippen LogP contribution is 2.24.